The van der Waals surface area contributed by atoms with Crippen molar-refractivity contribution in [2.45, 2.75) is 25.3 Å². The Labute approximate surface area is 93.9 Å². The Morgan fingerprint density at radius 1 is 1.73 bits per heavy atom. The Balaban J connectivity index is 2.24. The zero-order chi connectivity index (χ0) is 10.7. The molecule has 2 heterocycles. The first-order valence-electron chi connectivity index (χ1n) is 5.12. The number of aromatic nitrogens is 2. The van der Waals surface area contributed by atoms with Crippen LogP contribution < -0.4 is 5.32 Å². The Morgan fingerprint density at radius 3 is 3.27 bits per heavy atom. The molecule has 5 heteroatoms. The molecule has 1 fully saturated rings. The Morgan fingerprint density at radius 2 is 2.60 bits per heavy atom. The third-order valence-electron chi connectivity index (χ3n) is 2.72. The molecule has 1 aromatic heterocycles. The molecule has 0 aromatic carbocycles. The Bertz CT molecular complexity index is 373. The largest absolute Gasteiger partial charge is 0.315 e. The molecule has 0 amide bonds. The molecule has 0 bridgehead atoms. The van der Waals surface area contributed by atoms with Gasteiger partial charge >= 0.3 is 0 Å². The van der Waals surface area contributed by atoms with Crippen LogP contribution in [0.1, 0.15) is 24.6 Å². The van der Waals surface area contributed by atoms with Gasteiger partial charge in [-0.1, -0.05) is 0 Å². The molecule has 4 nitrogen and oxygen atoms in total. The van der Waals surface area contributed by atoms with Gasteiger partial charge in [0.2, 0.25) is 5.28 Å². The molecule has 1 unspecified atom stereocenters. The van der Waals surface area contributed by atoms with Crippen molar-refractivity contribution in [2.24, 2.45) is 0 Å². The predicted molar refractivity (Wildman–Crippen MR) is 57.7 cm³/mol. The average molecular weight is 225 g/mol. The lowest BCUT2D eigenvalue weighted by Gasteiger charge is -2.25. The molecule has 1 aliphatic rings. The minimum atomic E-state index is 0.345. The molecule has 1 atom stereocenters. The van der Waals surface area contributed by atoms with E-state index in [2.05, 4.69) is 16.4 Å². The molecule has 1 saturated heterocycles. The first-order valence-corrected chi connectivity index (χ1v) is 5.50. The number of hydrogen-bond donors (Lipinski definition) is 1. The molecule has 1 aromatic rings. The summed E-state index contributed by atoms with van der Waals surface area (Å²) in [7, 11) is 0. The van der Waals surface area contributed by atoms with Gasteiger partial charge in [0.05, 0.1) is 24.4 Å². The zero-order valence-electron chi connectivity index (χ0n) is 8.41. The predicted octanol–water partition coefficient (Wildman–Crippen LogP) is 1.53. The molecule has 2 rings (SSSR count). The van der Waals surface area contributed by atoms with Crippen molar-refractivity contribution in [1.82, 2.24) is 14.9 Å². The highest BCUT2D eigenvalue weighted by molar-refractivity contribution is 6.28. The van der Waals surface area contributed by atoms with Gasteiger partial charge in [-0.25, -0.2) is 4.98 Å². The number of imidazole rings is 1. The van der Waals surface area contributed by atoms with Crippen LogP contribution in [-0.4, -0.2) is 22.6 Å². The highest BCUT2D eigenvalue weighted by Crippen LogP contribution is 2.23. The van der Waals surface area contributed by atoms with E-state index in [1.807, 2.05) is 4.57 Å². The van der Waals surface area contributed by atoms with E-state index in [0.717, 1.165) is 31.6 Å². The molecule has 1 N–H and O–H groups in total. The van der Waals surface area contributed by atoms with E-state index in [1.165, 1.54) is 0 Å². The lowest BCUT2D eigenvalue weighted by molar-refractivity contribution is 0.366. The zero-order valence-corrected chi connectivity index (χ0v) is 9.17. The van der Waals surface area contributed by atoms with Crippen LogP contribution in [0.2, 0.25) is 5.28 Å². The maximum Gasteiger partial charge on any atom is 0.203 e. The molecule has 0 radical (unpaired) electrons. The molecular weight excluding hydrogens is 212 g/mol. The third-order valence-corrected chi connectivity index (χ3v) is 3.00. The van der Waals surface area contributed by atoms with Crippen LogP contribution in [0.3, 0.4) is 0 Å². The highest BCUT2D eigenvalue weighted by atomic mass is 35.5. The van der Waals surface area contributed by atoms with E-state index in [1.54, 1.807) is 6.20 Å². The number of hydrogen-bond acceptors (Lipinski definition) is 3. The van der Waals surface area contributed by atoms with Crippen LogP contribution in [0, 0.1) is 11.3 Å². The van der Waals surface area contributed by atoms with E-state index >= 15 is 0 Å². The van der Waals surface area contributed by atoms with E-state index in [0.29, 0.717) is 17.7 Å². The number of piperidine rings is 1. The number of rotatable bonds is 2. The van der Waals surface area contributed by atoms with Crippen molar-refractivity contribution in [3.8, 4) is 6.07 Å². The summed E-state index contributed by atoms with van der Waals surface area (Å²) in [6.07, 6.45) is 4.31. The second-order valence-electron chi connectivity index (χ2n) is 3.72. The summed E-state index contributed by atoms with van der Waals surface area (Å²) in [6.45, 7) is 1.98. The molecule has 80 valence electrons. The summed E-state index contributed by atoms with van der Waals surface area (Å²) in [4.78, 5) is 4.06. The van der Waals surface area contributed by atoms with Gasteiger partial charge in [-0.05, 0) is 31.0 Å². The monoisotopic (exact) mass is 224 g/mol. The van der Waals surface area contributed by atoms with Gasteiger partial charge in [-0.15, -0.1) is 0 Å². The minimum absolute atomic E-state index is 0.345. The second-order valence-corrected chi connectivity index (χ2v) is 4.06. The van der Waals surface area contributed by atoms with Crippen molar-refractivity contribution in [2.75, 3.05) is 13.1 Å². The van der Waals surface area contributed by atoms with Crippen LogP contribution >= 0.6 is 11.6 Å². The van der Waals surface area contributed by atoms with Crippen LogP contribution in [0.25, 0.3) is 0 Å². The van der Waals surface area contributed by atoms with Crippen molar-refractivity contribution in [1.29, 1.82) is 5.26 Å². The number of nitrogens with zero attached hydrogens (tertiary/aromatic N) is 3. The van der Waals surface area contributed by atoms with Crippen LogP contribution in [0.4, 0.5) is 0 Å². The summed E-state index contributed by atoms with van der Waals surface area (Å²) in [6, 6.07) is 2.48. The minimum Gasteiger partial charge on any atom is -0.315 e. The van der Waals surface area contributed by atoms with Crippen molar-refractivity contribution in [3.05, 3.63) is 17.2 Å². The van der Waals surface area contributed by atoms with E-state index in [-0.39, 0.29) is 0 Å². The number of halogens is 1. The van der Waals surface area contributed by atoms with Gasteiger partial charge < -0.3 is 9.88 Å². The fourth-order valence-corrected chi connectivity index (χ4v) is 2.32. The van der Waals surface area contributed by atoms with Crippen molar-refractivity contribution >= 4 is 11.6 Å². The molecule has 1 aliphatic heterocycles. The van der Waals surface area contributed by atoms with Crippen LogP contribution in [-0.2, 0) is 6.42 Å². The number of nitriles is 1. The SMILES string of the molecule is N#CCc1cnc(Cl)n1C1CCCNC1. The maximum atomic E-state index is 8.70. The average Bonchev–Trinajstić information content (AvgIpc) is 2.62. The highest BCUT2D eigenvalue weighted by Gasteiger charge is 2.20. The van der Waals surface area contributed by atoms with Crippen molar-refractivity contribution < 1.29 is 0 Å². The second kappa shape index (κ2) is 4.65. The van der Waals surface area contributed by atoms with Gasteiger partial charge in [0.15, 0.2) is 0 Å². The lowest BCUT2D eigenvalue weighted by atomic mass is 10.1. The first-order chi connectivity index (χ1) is 7.33. The van der Waals surface area contributed by atoms with Gasteiger partial charge in [0, 0.05) is 12.6 Å². The van der Waals surface area contributed by atoms with Gasteiger partial charge in [0.25, 0.3) is 0 Å². The smallest absolute Gasteiger partial charge is 0.203 e. The first kappa shape index (κ1) is 10.5. The molecular formula is C10H13ClN4. The Kier molecular flexibility index (Phi) is 3.24. The van der Waals surface area contributed by atoms with E-state index in [9.17, 15) is 0 Å². The summed E-state index contributed by atoms with van der Waals surface area (Å²) < 4.78 is 1.98. The topological polar surface area (TPSA) is 53.6 Å². The molecule has 0 saturated carbocycles. The molecule has 15 heavy (non-hydrogen) atoms. The van der Waals surface area contributed by atoms with Gasteiger partial charge in [-0.2, -0.15) is 5.26 Å². The third kappa shape index (κ3) is 2.14. The van der Waals surface area contributed by atoms with Crippen LogP contribution in [0.5, 0.6) is 0 Å². The fraction of sp³-hybridized carbons (Fsp3) is 0.600. The fourth-order valence-electron chi connectivity index (χ4n) is 2.02. The summed E-state index contributed by atoms with van der Waals surface area (Å²) in [5.41, 5.74) is 0.913. The van der Waals surface area contributed by atoms with Crippen molar-refractivity contribution in [3.63, 3.8) is 0 Å². The maximum absolute atomic E-state index is 8.70. The number of nitrogens with one attached hydrogen (secondary N) is 1. The quantitative estimate of drug-likeness (QED) is 0.829. The summed E-state index contributed by atoms with van der Waals surface area (Å²) in [5.74, 6) is 0. The molecule has 0 aliphatic carbocycles. The normalized spacial score (nSPS) is 21.2. The van der Waals surface area contributed by atoms with Crippen LogP contribution in [0.15, 0.2) is 6.20 Å². The van der Waals surface area contributed by atoms with E-state index < -0.39 is 0 Å². The Hall–Kier alpha value is -1.05. The standard InChI is InChI=1S/C10H13ClN4/c11-10-14-7-9(3-4-12)15(10)8-2-1-5-13-6-8/h7-8,13H,1-3,5-6H2. The summed E-state index contributed by atoms with van der Waals surface area (Å²) >= 11 is 6.03. The van der Waals surface area contributed by atoms with Gasteiger partial charge in [0.1, 0.15) is 0 Å². The summed E-state index contributed by atoms with van der Waals surface area (Å²) in [5, 5.41) is 12.5. The van der Waals surface area contributed by atoms with E-state index in [4.69, 9.17) is 16.9 Å². The molecule has 0 spiro atoms. The lowest BCUT2D eigenvalue weighted by Crippen LogP contribution is -2.32. The van der Waals surface area contributed by atoms with Gasteiger partial charge in [-0.3, -0.25) is 0 Å².